The van der Waals surface area contributed by atoms with Crippen molar-refractivity contribution < 1.29 is 9.90 Å². The third-order valence-electron chi connectivity index (χ3n) is 3.91. The fraction of sp³-hybridized carbons (Fsp3) is 0.714. The molecule has 1 rings (SSSR count). The summed E-state index contributed by atoms with van der Waals surface area (Å²) in [7, 11) is 1.87. The standard InChI is InChI=1S/C14H23BrN2O2/c1-5-7-8-14(6-2,13(18)19)9-11-12(15)10(3)16-17(11)4/h5-9H2,1-4H3,(H,18,19). The third-order valence-corrected chi connectivity index (χ3v) is 4.94. The summed E-state index contributed by atoms with van der Waals surface area (Å²) in [6, 6.07) is 0. The Morgan fingerprint density at radius 1 is 1.47 bits per heavy atom. The Labute approximate surface area is 123 Å². The van der Waals surface area contributed by atoms with E-state index in [4.69, 9.17) is 0 Å². The third kappa shape index (κ3) is 3.38. The Morgan fingerprint density at radius 3 is 2.47 bits per heavy atom. The Hall–Kier alpha value is -0.840. The van der Waals surface area contributed by atoms with Crippen molar-refractivity contribution in [1.82, 2.24) is 9.78 Å². The fourth-order valence-electron chi connectivity index (χ4n) is 2.43. The van der Waals surface area contributed by atoms with Crippen molar-refractivity contribution >= 4 is 21.9 Å². The molecule has 0 saturated heterocycles. The SMILES string of the molecule is CCCCC(CC)(Cc1c(Br)c(C)nn1C)C(=O)O. The van der Waals surface area contributed by atoms with Crippen LogP contribution in [0, 0.1) is 12.3 Å². The molecule has 108 valence electrons. The minimum atomic E-state index is -0.700. The van der Waals surface area contributed by atoms with Gasteiger partial charge >= 0.3 is 5.97 Å². The molecule has 0 aliphatic rings. The molecule has 5 heteroatoms. The number of aliphatic carboxylic acids is 1. The maximum Gasteiger partial charge on any atom is 0.310 e. The normalized spacial score (nSPS) is 14.4. The van der Waals surface area contributed by atoms with E-state index in [0.29, 0.717) is 19.3 Å². The largest absolute Gasteiger partial charge is 0.481 e. The fourth-order valence-corrected chi connectivity index (χ4v) is 2.91. The average molecular weight is 331 g/mol. The van der Waals surface area contributed by atoms with Gasteiger partial charge in [-0.25, -0.2) is 0 Å². The minimum Gasteiger partial charge on any atom is -0.481 e. The van der Waals surface area contributed by atoms with Crippen molar-refractivity contribution in [3.05, 3.63) is 15.9 Å². The molecule has 4 nitrogen and oxygen atoms in total. The predicted octanol–water partition coefficient (Wildman–Crippen LogP) is 3.70. The highest BCUT2D eigenvalue weighted by molar-refractivity contribution is 9.10. The van der Waals surface area contributed by atoms with Gasteiger partial charge < -0.3 is 5.11 Å². The molecule has 0 saturated carbocycles. The van der Waals surface area contributed by atoms with Crippen LogP contribution in [0.25, 0.3) is 0 Å². The van der Waals surface area contributed by atoms with Gasteiger partial charge in [-0.15, -0.1) is 0 Å². The molecule has 1 N–H and O–H groups in total. The summed E-state index contributed by atoms with van der Waals surface area (Å²) in [5.41, 5.74) is 1.19. The number of unbranched alkanes of at least 4 members (excludes halogenated alkanes) is 1. The van der Waals surface area contributed by atoms with Crippen LogP contribution in [0.2, 0.25) is 0 Å². The Morgan fingerprint density at radius 2 is 2.11 bits per heavy atom. The number of carboxylic acids is 1. The molecule has 0 spiro atoms. The van der Waals surface area contributed by atoms with Crippen LogP contribution in [0.4, 0.5) is 0 Å². The summed E-state index contributed by atoms with van der Waals surface area (Å²) in [6.07, 6.45) is 3.83. The van der Waals surface area contributed by atoms with Crippen LogP contribution in [0.15, 0.2) is 4.47 Å². The zero-order valence-corrected chi connectivity index (χ0v) is 13.7. The van der Waals surface area contributed by atoms with Crippen molar-refractivity contribution in [1.29, 1.82) is 0 Å². The van der Waals surface area contributed by atoms with E-state index in [1.165, 1.54) is 0 Å². The summed E-state index contributed by atoms with van der Waals surface area (Å²) in [5, 5.41) is 14.0. The van der Waals surface area contributed by atoms with Crippen molar-refractivity contribution in [2.75, 3.05) is 0 Å². The van der Waals surface area contributed by atoms with E-state index in [-0.39, 0.29) is 0 Å². The van der Waals surface area contributed by atoms with E-state index in [9.17, 15) is 9.90 Å². The number of carbonyl (C=O) groups is 1. The predicted molar refractivity (Wildman–Crippen MR) is 79.2 cm³/mol. The molecular weight excluding hydrogens is 308 g/mol. The molecule has 0 amide bonds. The van der Waals surface area contributed by atoms with Gasteiger partial charge in [0.2, 0.25) is 0 Å². The van der Waals surface area contributed by atoms with Gasteiger partial charge in [-0.1, -0.05) is 26.7 Å². The average Bonchev–Trinajstić information content (AvgIpc) is 2.60. The number of aryl methyl sites for hydroxylation is 2. The van der Waals surface area contributed by atoms with Crippen LogP contribution in [-0.2, 0) is 18.3 Å². The first-order valence-electron chi connectivity index (χ1n) is 6.79. The maximum atomic E-state index is 11.7. The Kier molecular flexibility index (Phi) is 5.59. The van der Waals surface area contributed by atoms with Gasteiger partial charge in [0.15, 0.2) is 0 Å². The summed E-state index contributed by atoms with van der Waals surface area (Å²) in [5.74, 6) is -0.700. The van der Waals surface area contributed by atoms with Crippen LogP contribution in [0.5, 0.6) is 0 Å². The highest BCUT2D eigenvalue weighted by Crippen LogP contribution is 2.36. The first-order chi connectivity index (χ1) is 8.88. The molecule has 1 heterocycles. The first-order valence-corrected chi connectivity index (χ1v) is 7.58. The molecule has 1 unspecified atom stereocenters. The first kappa shape index (κ1) is 16.2. The Bertz CT molecular complexity index is 457. The van der Waals surface area contributed by atoms with Crippen LogP contribution in [-0.4, -0.2) is 20.9 Å². The lowest BCUT2D eigenvalue weighted by Crippen LogP contribution is -2.33. The molecule has 1 aromatic heterocycles. The molecule has 0 aromatic carbocycles. The molecule has 0 aliphatic heterocycles. The van der Waals surface area contributed by atoms with Gasteiger partial charge in [-0.05, 0) is 35.7 Å². The van der Waals surface area contributed by atoms with Crippen LogP contribution >= 0.6 is 15.9 Å². The number of rotatable bonds is 7. The summed E-state index contributed by atoms with van der Waals surface area (Å²) in [6.45, 7) is 5.97. The lowest BCUT2D eigenvalue weighted by molar-refractivity contribution is -0.149. The summed E-state index contributed by atoms with van der Waals surface area (Å²) in [4.78, 5) is 11.7. The van der Waals surface area contributed by atoms with E-state index in [0.717, 1.165) is 28.7 Å². The second-order valence-corrected chi connectivity index (χ2v) is 5.98. The zero-order chi connectivity index (χ0) is 14.6. The Balaban J connectivity index is 3.09. The number of aromatic nitrogens is 2. The second kappa shape index (κ2) is 6.55. The molecule has 1 aromatic rings. The monoisotopic (exact) mass is 330 g/mol. The second-order valence-electron chi connectivity index (χ2n) is 5.19. The molecule has 19 heavy (non-hydrogen) atoms. The lowest BCUT2D eigenvalue weighted by Gasteiger charge is -2.28. The quantitative estimate of drug-likeness (QED) is 0.829. The molecular formula is C14H23BrN2O2. The molecule has 0 bridgehead atoms. The molecule has 0 fully saturated rings. The summed E-state index contributed by atoms with van der Waals surface area (Å²) >= 11 is 3.52. The van der Waals surface area contributed by atoms with Gasteiger partial charge in [0.25, 0.3) is 0 Å². The van der Waals surface area contributed by atoms with E-state index in [1.54, 1.807) is 4.68 Å². The van der Waals surface area contributed by atoms with Crippen molar-refractivity contribution in [3.8, 4) is 0 Å². The molecule has 1 atom stereocenters. The zero-order valence-electron chi connectivity index (χ0n) is 12.2. The van der Waals surface area contributed by atoms with E-state index in [1.807, 2.05) is 20.9 Å². The van der Waals surface area contributed by atoms with Crippen LogP contribution in [0.3, 0.4) is 0 Å². The molecule has 0 aliphatic carbocycles. The lowest BCUT2D eigenvalue weighted by atomic mass is 9.76. The number of nitrogens with zero attached hydrogens (tertiary/aromatic N) is 2. The van der Waals surface area contributed by atoms with Crippen LogP contribution < -0.4 is 0 Å². The number of hydrogen-bond donors (Lipinski definition) is 1. The van der Waals surface area contributed by atoms with Gasteiger partial charge in [-0.3, -0.25) is 9.48 Å². The van der Waals surface area contributed by atoms with Gasteiger partial charge in [0.1, 0.15) is 0 Å². The highest BCUT2D eigenvalue weighted by Gasteiger charge is 2.37. The number of carboxylic acid groups (broad SMARTS) is 1. The van der Waals surface area contributed by atoms with Gasteiger partial charge in [0.05, 0.1) is 21.3 Å². The van der Waals surface area contributed by atoms with Crippen molar-refractivity contribution in [2.45, 2.75) is 52.9 Å². The van der Waals surface area contributed by atoms with Crippen LogP contribution in [0.1, 0.15) is 50.9 Å². The summed E-state index contributed by atoms with van der Waals surface area (Å²) < 4.78 is 2.73. The van der Waals surface area contributed by atoms with Gasteiger partial charge in [0, 0.05) is 13.5 Å². The van der Waals surface area contributed by atoms with Gasteiger partial charge in [-0.2, -0.15) is 5.10 Å². The maximum absolute atomic E-state index is 11.7. The van der Waals surface area contributed by atoms with E-state index < -0.39 is 11.4 Å². The van der Waals surface area contributed by atoms with E-state index in [2.05, 4.69) is 28.0 Å². The molecule has 0 radical (unpaired) electrons. The smallest absolute Gasteiger partial charge is 0.310 e. The number of hydrogen-bond acceptors (Lipinski definition) is 2. The highest BCUT2D eigenvalue weighted by atomic mass is 79.9. The minimum absolute atomic E-state index is 0.525. The van der Waals surface area contributed by atoms with E-state index >= 15 is 0 Å². The number of halogens is 1. The van der Waals surface area contributed by atoms with Crippen molar-refractivity contribution in [3.63, 3.8) is 0 Å². The topological polar surface area (TPSA) is 55.1 Å². The van der Waals surface area contributed by atoms with Crippen molar-refractivity contribution in [2.24, 2.45) is 12.5 Å².